The van der Waals surface area contributed by atoms with Gasteiger partial charge in [-0.2, -0.15) is 5.10 Å². The van der Waals surface area contributed by atoms with Crippen LogP contribution in [0.1, 0.15) is 5.56 Å². The predicted molar refractivity (Wildman–Crippen MR) is 102 cm³/mol. The lowest BCUT2D eigenvalue weighted by atomic mass is 10.1. The maximum absolute atomic E-state index is 4.30. The third-order valence-corrected chi connectivity index (χ3v) is 4.19. The lowest BCUT2D eigenvalue weighted by Gasteiger charge is -2.07. The molecular weight excluding hydrogens is 380 g/mol. The van der Waals surface area contributed by atoms with E-state index in [0.29, 0.717) is 17.3 Å². The summed E-state index contributed by atoms with van der Waals surface area (Å²) in [5.41, 5.74) is 4.67. The zero-order valence-electron chi connectivity index (χ0n) is 13.0. The zero-order valence-corrected chi connectivity index (χ0v) is 14.6. The number of hydrazone groups is 1. The summed E-state index contributed by atoms with van der Waals surface area (Å²) in [4.78, 5) is 7.33. The van der Waals surface area contributed by atoms with Crippen molar-refractivity contribution in [3.8, 4) is 11.5 Å². The van der Waals surface area contributed by atoms with Crippen LogP contribution in [0.2, 0.25) is 0 Å². The quantitative estimate of drug-likeness (QED) is 0.402. The Morgan fingerprint density at radius 2 is 1.80 bits per heavy atom. The van der Waals surface area contributed by atoms with Crippen LogP contribution in [0.25, 0.3) is 22.3 Å². The second kappa shape index (κ2) is 6.82. The van der Waals surface area contributed by atoms with Crippen LogP contribution in [0.15, 0.2) is 70.5 Å². The number of aromatic nitrogens is 4. The molecule has 0 saturated carbocycles. The lowest BCUT2D eigenvalue weighted by Crippen LogP contribution is -1.99. The number of hydrogen-bond acceptors (Lipinski definition) is 5. The summed E-state index contributed by atoms with van der Waals surface area (Å²) in [5, 5.41) is 14.7. The zero-order chi connectivity index (χ0) is 17.1. The molecule has 122 valence electrons. The van der Waals surface area contributed by atoms with E-state index in [0.717, 1.165) is 20.8 Å². The maximum Gasteiger partial charge on any atom is 0.176 e. The molecule has 0 amide bonds. The first-order chi connectivity index (χ1) is 12.3. The summed E-state index contributed by atoms with van der Waals surface area (Å²) in [6, 6.07) is 15.8. The summed E-state index contributed by atoms with van der Waals surface area (Å²) in [5.74, 6) is 1.29. The highest BCUT2D eigenvalue weighted by Gasteiger charge is 2.11. The molecule has 0 aliphatic rings. The van der Waals surface area contributed by atoms with Crippen molar-refractivity contribution in [3.05, 3.63) is 71.0 Å². The standard InChI is InChI=1S/C18H13BrN6/c19-13-7-5-12(6-8-13)11-22-24-17-15-4-2-1-3-14(15)16(23-25-17)18-20-9-10-21-18/h1-11H,(H,20,21)(H,24,25). The molecule has 0 aliphatic heterocycles. The molecule has 2 aromatic carbocycles. The highest BCUT2D eigenvalue weighted by atomic mass is 79.9. The molecule has 6 nitrogen and oxygen atoms in total. The number of benzene rings is 2. The Balaban J connectivity index is 1.66. The number of anilines is 1. The van der Waals surface area contributed by atoms with Gasteiger partial charge in [0.05, 0.1) is 6.21 Å². The molecule has 0 atom stereocenters. The number of aromatic amines is 1. The molecule has 0 saturated heterocycles. The van der Waals surface area contributed by atoms with Crippen LogP contribution < -0.4 is 5.43 Å². The second-order valence-corrected chi connectivity index (χ2v) is 6.22. The average molecular weight is 393 g/mol. The number of H-pyrrole nitrogens is 1. The first-order valence-corrected chi connectivity index (χ1v) is 8.40. The summed E-state index contributed by atoms with van der Waals surface area (Å²) in [7, 11) is 0. The Kier molecular flexibility index (Phi) is 4.22. The number of fused-ring (bicyclic) bond motifs is 1. The Morgan fingerprint density at radius 1 is 1.00 bits per heavy atom. The number of hydrogen-bond donors (Lipinski definition) is 2. The van der Waals surface area contributed by atoms with Crippen molar-refractivity contribution < 1.29 is 0 Å². The number of nitrogens with zero attached hydrogens (tertiary/aromatic N) is 4. The van der Waals surface area contributed by atoms with E-state index >= 15 is 0 Å². The minimum Gasteiger partial charge on any atom is -0.343 e. The van der Waals surface area contributed by atoms with Gasteiger partial charge in [0.25, 0.3) is 0 Å². The largest absolute Gasteiger partial charge is 0.343 e. The normalized spacial score (nSPS) is 11.2. The summed E-state index contributed by atoms with van der Waals surface area (Å²) < 4.78 is 1.03. The van der Waals surface area contributed by atoms with Gasteiger partial charge >= 0.3 is 0 Å². The predicted octanol–water partition coefficient (Wildman–Crippen LogP) is 4.23. The van der Waals surface area contributed by atoms with Crippen LogP contribution in [-0.4, -0.2) is 26.4 Å². The van der Waals surface area contributed by atoms with Gasteiger partial charge in [0.15, 0.2) is 11.6 Å². The van der Waals surface area contributed by atoms with Gasteiger partial charge in [-0.05, 0) is 17.7 Å². The van der Waals surface area contributed by atoms with E-state index in [9.17, 15) is 0 Å². The monoisotopic (exact) mass is 392 g/mol. The topological polar surface area (TPSA) is 78.8 Å². The summed E-state index contributed by atoms with van der Waals surface area (Å²) in [6.07, 6.45) is 5.20. The Morgan fingerprint density at radius 3 is 2.56 bits per heavy atom. The minimum atomic E-state index is 0.597. The van der Waals surface area contributed by atoms with Gasteiger partial charge in [-0.15, -0.1) is 10.2 Å². The molecule has 7 heteroatoms. The van der Waals surface area contributed by atoms with Crippen LogP contribution in [-0.2, 0) is 0 Å². The van der Waals surface area contributed by atoms with Crippen molar-refractivity contribution >= 4 is 38.7 Å². The van der Waals surface area contributed by atoms with Gasteiger partial charge in [-0.1, -0.05) is 52.3 Å². The van der Waals surface area contributed by atoms with E-state index < -0.39 is 0 Å². The Bertz CT molecular complexity index is 1030. The Hall–Kier alpha value is -3.06. The fraction of sp³-hybridized carbons (Fsp3) is 0. The average Bonchev–Trinajstić information content (AvgIpc) is 3.18. The molecular formula is C18H13BrN6. The van der Waals surface area contributed by atoms with Crippen LogP contribution in [0.5, 0.6) is 0 Å². The lowest BCUT2D eigenvalue weighted by molar-refractivity contribution is 1.03. The molecule has 0 fully saturated rings. The number of imidazole rings is 1. The van der Waals surface area contributed by atoms with Gasteiger partial charge in [-0.3, -0.25) is 5.43 Å². The van der Waals surface area contributed by atoms with Crippen LogP contribution in [0.4, 0.5) is 5.82 Å². The smallest absolute Gasteiger partial charge is 0.176 e. The first-order valence-electron chi connectivity index (χ1n) is 7.61. The van der Waals surface area contributed by atoms with E-state index in [-0.39, 0.29) is 0 Å². The maximum atomic E-state index is 4.30. The van der Waals surface area contributed by atoms with E-state index in [1.54, 1.807) is 18.6 Å². The molecule has 25 heavy (non-hydrogen) atoms. The fourth-order valence-corrected chi connectivity index (χ4v) is 2.74. The summed E-state index contributed by atoms with van der Waals surface area (Å²) >= 11 is 3.41. The van der Waals surface area contributed by atoms with Crippen molar-refractivity contribution in [2.24, 2.45) is 5.10 Å². The van der Waals surface area contributed by atoms with Gasteiger partial charge in [0, 0.05) is 27.6 Å². The van der Waals surface area contributed by atoms with Crippen LogP contribution in [0.3, 0.4) is 0 Å². The van der Waals surface area contributed by atoms with Crippen molar-refractivity contribution in [1.82, 2.24) is 20.2 Å². The molecule has 2 aromatic heterocycles. The molecule has 2 N–H and O–H groups in total. The molecule has 0 bridgehead atoms. The summed E-state index contributed by atoms with van der Waals surface area (Å²) in [6.45, 7) is 0. The fourth-order valence-electron chi connectivity index (χ4n) is 2.47. The molecule has 0 radical (unpaired) electrons. The van der Waals surface area contributed by atoms with Gasteiger partial charge < -0.3 is 4.98 Å². The molecule has 4 aromatic rings. The van der Waals surface area contributed by atoms with Crippen molar-refractivity contribution in [2.75, 3.05) is 5.43 Å². The molecule has 0 unspecified atom stereocenters. The third kappa shape index (κ3) is 3.27. The van der Waals surface area contributed by atoms with Crippen molar-refractivity contribution in [1.29, 1.82) is 0 Å². The van der Waals surface area contributed by atoms with E-state index in [1.807, 2.05) is 48.5 Å². The molecule has 0 spiro atoms. The highest BCUT2D eigenvalue weighted by Crippen LogP contribution is 2.27. The second-order valence-electron chi connectivity index (χ2n) is 5.30. The SMILES string of the molecule is Brc1ccc(C=NNc2nnc(-c3ncc[nH]3)c3ccccc23)cc1. The van der Waals surface area contributed by atoms with Crippen LogP contribution in [0, 0.1) is 0 Å². The van der Waals surface area contributed by atoms with E-state index in [1.165, 1.54) is 0 Å². The van der Waals surface area contributed by atoms with Crippen molar-refractivity contribution in [2.45, 2.75) is 0 Å². The van der Waals surface area contributed by atoms with E-state index in [2.05, 4.69) is 46.6 Å². The Labute approximate surface area is 152 Å². The van der Waals surface area contributed by atoms with Crippen molar-refractivity contribution in [3.63, 3.8) is 0 Å². The first kappa shape index (κ1) is 15.5. The third-order valence-electron chi connectivity index (χ3n) is 3.66. The van der Waals surface area contributed by atoms with E-state index in [4.69, 9.17) is 0 Å². The van der Waals surface area contributed by atoms with Gasteiger partial charge in [0.1, 0.15) is 5.69 Å². The van der Waals surface area contributed by atoms with Gasteiger partial charge in [-0.25, -0.2) is 4.98 Å². The number of halogens is 1. The number of nitrogens with one attached hydrogen (secondary N) is 2. The molecule has 2 heterocycles. The number of rotatable bonds is 4. The minimum absolute atomic E-state index is 0.597. The van der Waals surface area contributed by atoms with Gasteiger partial charge in [0.2, 0.25) is 0 Å². The molecule has 4 rings (SSSR count). The highest BCUT2D eigenvalue weighted by molar-refractivity contribution is 9.10. The molecule has 0 aliphatic carbocycles. The van der Waals surface area contributed by atoms with Crippen LogP contribution >= 0.6 is 15.9 Å².